The van der Waals surface area contributed by atoms with Gasteiger partial charge in [-0.25, -0.2) is 0 Å². The summed E-state index contributed by atoms with van der Waals surface area (Å²) in [7, 11) is 1.87. The van der Waals surface area contributed by atoms with E-state index in [-0.39, 0.29) is 23.8 Å². The summed E-state index contributed by atoms with van der Waals surface area (Å²) in [4.78, 5) is 11.4. The number of hydrogen-bond donors (Lipinski definition) is 2. The number of anilines is 1. The van der Waals surface area contributed by atoms with Crippen LogP contribution in [0.1, 0.15) is 31.0 Å². The Labute approximate surface area is 113 Å². The molecule has 2 rings (SSSR count). The zero-order valence-electron chi connectivity index (χ0n) is 11.5. The second-order valence-corrected chi connectivity index (χ2v) is 5.31. The van der Waals surface area contributed by atoms with Crippen molar-refractivity contribution < 1.29 is 4.79 Å². The molecule has 1 aliphatic rings. The van der Waals surface area contributed by atoms with Gasteiger partial charge < -0.3 is 10.6 Å². The summed E-state index contributed by atoms with van der Waals surface area (Å²) in [6.45, 7) is 4.10. The predicted octanol–water partition coefficient (Wildman–Crippen LogP) is 2.24. The summed E-state index contributed by atoms with van der Waals surface area (Å²) in [5.74, 6) is 0.220. The molecular weight excluding hydrogens is 238 g/mol. The van der Waals surface area contributed by atoms with Gasteiger partial charge >= 0.3 is 0 Å². The van der Waals surface area contributed by atoms with Crippen LogP contribution in [0.5, 0.6) is 0 Å². The van der Waals surface area contributed by atoms with Gasteiger partial charge in [0.2, 0.25) is 5.91 Å². The van der Waals surface area contributed by atoms with Crippen molar-refractivity contribution >= 4 is 11.6 Å². The molecule has 2 unspecified atom stereocenters. The quantitative estimate of drug-likeness (QED) is 0.869. The molecule has 2 atom stereocenters. The highest BCUT2D eigenvalue weighted by Gasteiger charge is 2.26. The third-order valence-corrected chi connectivity index (χ3v) is 3.65. The van der Waals surface area contributed by atoms with Crippen molar-refractivity contribution in [1.82, 2.24) is 5.32 Å². The van der Waals surface area contributed by atoms with Crippen LogP contribution in [0, 0.1) is 23.2 Å². The van der Waals surface area contributed by atoms with Crippen molar-refractivity contribution in [2.24, 2.45) is 11.8 Å². The smallest absolute Gasteiger partial charge is 0.228 e. The fourth-order valence-corrected chi connectivity index (χ4v) is 2.60. The number of carbonyl (C=O) groups excluding carboxylic acids is 1. The van der Waals surface area contributed by atoms with Gasteiger partial charge in [0.25, 0.3) is 0 Å². The monoisotopic (exact) mass is 257 g/mol. The number of benzene rings is 1. The van der Waals surface area contributed by atoms with Crippen LogP contribution < -0.4 is 10.6 Å². The zero-order chi connectivity index (χ0) is 14.0. The molecule has 0 fully saturated rings. The lowest BCUT2D eigenvalue weighted by Gasteiger charge is -2.25. The van der Waals surface area contributed by atoms with Crippen molar-refractivity contribution in [2.75, 3.05) is 12.4 Å². The Morgan fingerprint density at radius 2 is 2.16 bits per heavy atom. The number of hydrogen-bond acceptors (Lipinski definition) is 3. The van der Waals surface area contributed by atoms with E-state index in [1.165, 1.54) is 0 Å². The molecular formula is C15H19N3O. The maximum absolute atomic E-state index is 11.4. The van der Waals surface area contributed by atoms with Crippen molar-refractivity contribution in [3.8, 4) is 6.07 Å². The minimum absolute atomic E-state index is 0.00833. The van der Waals surface area contributed by atoms with Gasteiger partial charge in [0.15, 0.2) is 0 Å². The van der Waals surface area contributed by atoms with Gasteiger partial charge in [-0.05, 0) is 30.2 Å². The van der Waals surface area contributed by atoms with Crippen LogP contribution in [0.4, 0.5) is 5.69 Å². The first-order valence-electron chi connectivity index (χ1n) is 6.56. The highest BCUT2D eigenvalue weighted by Crippen LogP contribution is 2.31. The molecule has 4 nitrogen and oxygen atoms in total. The van der Waals surface area contributed by atoms with Crippen LogP contribution in [0.3, 0.4) is 0 Å². The SMILES string of the molecule is CNC(c1ccc2c(c1)CC(=O)N2)C(C#N)C(C)C. The summed E-state index contributed by atoms with van der Waals surface area (Å²) in [5, 5.41) is 15.4. The Morgan fingerprint density at radius 1 is 1.42 bits per heavy atom. The summed E-state index contributed by atoms with van der Waals surface area (Å²) >= 11 is 0. The lowest BCUT2D eigenvalue weighted by molar-refractivity contribution is -0.115. The van der Waals surface area contributed by atoms with Crippen LogP contribution >= 0.6 is 0 Å². The minimum atomic E-state index is -0.0897. The molecule has 1 aromatic carbocycles. The van der Waals surface area contributed by atoms with E-state index in [0.717, 1.165) is 16.8 Å². The Kier molecular flexibility index (Phi) is 3.87. The van der Waals surface area contributed by atoms with E-state index < -0.39 is 0 Å². The summed E-state index contributed by atoms with van der Waals surface area (Å²) < 4.78 is 0. The lowest BCUT2D eigenvalue weighted by atomic mass is 9.85. The molecule has 100 valence electrons. The second kappa shape index (κ2) is 5.41. The van der Waals surface area contributed by atoms with E-state index in [4.69, 9.17) is 0 Å². The zero-order valence-corrected chi connectivity index (χ0v) is 11.5. The minimum Gasteiger partial charge on any atom is -0.326 e. The lowest BCUT2D eigenvalue weighted by Crippen LogP contribution is -2.27. The number of rotatable bonds is 4. The van der Waals surface area contributed by atoms with E-state index in [1.807, 2.05) is 25.2 Å². The number of carbonyl (C=O) groups is 1. The Morgan fingerprint density at radius 3 is 2.74 bits per heavy atom. The van der Waals surface area contributed by atoms with Gasteiger partial charge in [0.1, 0.15) is 0 Å². The first kappa shape index (κ1) is 13.6. The Balaban J connectivity index is 2.33. The topological polar surface area (TPSA) is 64.9 Å². The van der Waals surface area contributed by atoms with E-state index in [9.17, 15) is 10.1 Å². The van der Waals surface area contributed by atoms with E-state index in [1.54, 1.807) is 0 Å². The van der Waals surface area contributed by atoms with Crippen LogP contribution in [0.15, 0.2) is 18.2 Å². The molecule has 0 spiro atoms. The van der Waals surface area contributed by atoms with Gasteiger partial charge in [0, 0.05) is 11.7 Å². The van der Waals surface area contributed by atoms with Crippen molar-refractivity contribution in [3.05, 3.63) is 29.3 Å². The third kappa shape index (κ3) is 2.61. The van der Waals surface area contributed by atoms with Crippen LogP contribution in [-0.4, -0.2) is 13.0 Å². The first-order valence-corrected chi connectivity index (χ1v) is 6.56. The van der Waals surface area contributed by atoms with Crippen LogP contribution in [0.25, 0.3) is 0 Å². The molecule has 1 aliphatic heterocycles. The number of nitrogens with zero attached hydrogens (tertiary/aromatic N) is 1. The molecule has 0 saturated carbocycles. The third-order valence-electron chi connectivity index (χ3n) is 3.65. The molecule has 1 heterocycles. The highest BCUT2D eigenvalue weighted by molar-refractivity contribution is 5.99. The molecule has 2 N–H and O–H groups in total. The number of nitrogens with one attached hydrogen (secondary N) is 2. The van der Waals surface area contributed by atoms with Crippen molar-refractivity contribution in [2.45, 2.75) is 26.3 Å². The van der Waals surface area contributed by atoms with Gasteiger partial charge in [-0.3, -0.25) is 4.79 Å². The summed E-state index contributed by atoms with van der Waals surface area (Å²) in [6, 6.07) is 8.31. The molecule has 0 aliphatic carbocycles. The second-order valence-electron chi connectivity index (χ2n) is 5.31. The molecule has 0 aromatic heterocycles. The average molecular weight is 257 g/mol. The number of nitriles is 1. The van der Waals surface area contributed by atoms with Gasteiger partial charge in [-0.1, -0.05) is 26.0 Å². The Bertz CT molecular complexity index is 531. The Hall–Kier alpha value is -1.86. The summed E-state index contributed by atoms with van der Waals surface area (Å²) in [5.41, 5.74) is 2.97. The molecule has 0 radical (unpaired) electrons. The molecule has 1 aromatic rings. The van der Waals surface area contributed by atoms with E-state index in [2.05, 4.69) is 30.6 Å². The summed E-state index contributed by atoms with van der Waals surface area (Å²) in [6.07, 6.45) is 0.429. The highest BCUT2D eigenvalue weighted by atomic mass is 16.1. The molecule has 4 heteroatoms. The van der Waals surface area contributed by atoms with Gasteiger partial charge in [-0.15, -0.1) is 0 Å². The van der Waals surface area contributed by atoms with Crippen molar-refractivity contribution in [1.29, 1.82) is 5.26 Å². The molecule has 0 bridgehead atoms. The average Bonchev–Trinajstić information content (AvgIpc) is 2.74. The van der Waals surface area contributed by atoms with Crippen LogP contribution in [0.2, 0.25) is 0 Å². The molecule has 19 heavy (non-hydrogen) atoms. The number of amides is 1. The predicted molar refractivity (Wildman–Crippen MR) is 74.5 cm³/mol. The molecule has 0 saturated heterocycles. The number of fused-ring (bicyclic) bond motifs is 1. The fraction of sp³-hybridized carbons (Fsp3) is 0.467. The normalized spacial score (nSPS) is 16.7. The fourth-order valence-electron chi connectivity index (χ4n) is 2.60. The first-order chi connectivity index (χ1) is 9.06. The van der Waals surface area contributed by atoms with Crippen LogP contribution in [-0.2, 0) is 11.2 Å². The molecule has 1 amide bonds. The van der Waals surface area contributed by atoms with Gasteiger partial charge in [0.05, 0.1) is 18.4 Å². The van der Waals surface area contributed by atoms with Crippen molar-refractivity contribution in [3.63, 3.8) is 0 Å². The van der Waals surface area contributed by atoms with E-state index >= 15 is 0 Å². The maximum Gasteiger partial charge on any atom is 0.228 e. The van der Waals surface area contributed by atoms with E-state index in [0.29, 0.717) is 6.42 Å². The standard InChI is InChI=1S/C15H19N3O/c1-9(2)12(8-16)15(17-3)10-4-5-13-11(6-10)7-14(19)18-13/h4-6,9,12,15,17H,7H2,1-3H3,(H,18,19). The largest absolute Gasteiger partial charge is 0.326 e. The van der Waals surface area contributed by atoms with Gasteiger partial charge in [-0.2, -0.15) is 5.26 Å². The maximum atomic E-state index is 11.4.